The third-order valence-electron chi connectivity index (χ3n) is 3.60. The van der Waals surface area contributed by atoms with Crippen LogP contribution < -0.4 is 4.90 Å². The van der Waals surface area contributed by atoms with Crippen molar-refractivity contribution in [3.8, 4) is 0 Å². The highest BCUT2D eigenvalue weighted by molar-refractivity contribution is 5.57. The lowest BCUT2D eigenvalue weighted by Gasteiger charge is -2.18. The molecule has 0 N–H and O–H groups in total. The van der Waals surface area contributed by atoms with Crippen LogP contribution in [0.1, 0.15) is 11.3 Å². The summed E-state index contributed by atoms with van der Waals surface area (Å²) in [7, 11) is 0. The average Bonchev–Trinajstić information content (AvgIpc) is 2.89. The molecule has 1 aliphatic rings. The van der Waals surface area contributed by atoms with Crippen molar-refractivity contribution >= 4 is 11.5 Å². The van der Waals surface area contributed by atoms with Crippen LogP contribution in [0.2, 0.25) is 0 Å². The van der Waals surface area contributed by atoms with Crippen LogP contribution in [0.15, 0.2) is 42.5 Å². The van der Waals surface area contributed by atoms with Gasteiger partial charge in [0, 0.05) is 31.3 Å². The Bertz CT molecular complexity index is 643. The summed E-state index contributed by atoms with van der Waals surface area (Å²) in [6.45, 7) is 1.85. The highest BCUT2D eigenvalue weighted by Crippen LogP contribution is 2.27. The van der Waals surface area contributed by atoms with Gasteiger partial charge in [-0.15, -0.1) is 0 Å². The average molecular weight is 269 g/mol. The summed E-state index contributed by atoms with van der Waals surface area (Å²) in [4.78, 5) is 16.6. The van der Waals surface area contributed by atoms with Crippen molar-refractivity contribution in [1.82, 2.24) is 4.98 Å². The number of nitrogens with zero attached hydrogens (tertiary/aromatic N) is 3. The van der Waals surface area contributed by atoms with Crippen LogP contribution >= 0.6 is 0 Å². The second kappa shape index (κ2) is 5.28. The smallest absolute Gasteiger partial charge is 0.363 e. The van der Waals surface area contributed by atoms with Crippen LogP contribution in [-0.2, 0) is 12.8 Å². The van der Waals surface area contributed by atoms with E-state index >= 15 is 0 Å². The maximum absolute atomic E-state index is 10.7. The number of hydrogen-bond acceptors (Lipinski definition) is 4. The standard InChI is InChI=1S/C15H15N3O2/c19-18(20)15-7-3-5-13(16-15)9-11-17-10-8-12-4-1-2-6-14(12)17/h1-7H,8-11H2. The number of rotatable bonds is 4. The van der Waals surface area contributed by atoms with E-state index in [9.17, 15) is 10.1 Å². The Morgan fingerprint density at radius 1 is 1.20 bits per heavy atom. The molecule has 0 radical (unpaired) electrons. The van der Waals surface area contributed by atoms with Crippen molar-refractivity contribution in [2.24, 2.45) is 0 Å². The Kier molecular flexibility index (Phi) is 3.33. The van der Waals surface area contributed by atoms with Gasteiger partial charge in [-0.25, -0.2) is 0 Å². The van der Waals surface area contributed by atoms with E-state index in [0.29, 0.717) is 0 Å². The molecule has 3 rings (SSSR count). The molecule has 1 aromatic heterocycles. The van der Waals surface area contributed by atoms with E-state index in [1.807, 2.05) is 12.1 Å². The summed E-state index contributed by atoms with van der Waals surface area (Å²) >= 11 is 0. The molecule has 0 bridgehead atoms. The van der Waals surface area contributed by atoms with Crippen LogP contribution in [0.25, 0.3) is 0 Å². The highest BCUT2D eigenvalue weighted by Gasteiger charge is 2.18. The fraction of sp³-hybridized carbons (Fsp3) is 0.267. The lowest BCUT2D eigenvalue weighted by atomic mass is 10.2. The minimum absolute atomic E-state index is 0.0793. The SMILES string of the molecule is O=[N+]([O-])c1cccc(CCN2CCc3ccccc32)n1. The number of fused-ring (bicyclic) bond motifs is 1. The molecule has 1 aliphatic heterocycles. The van der Waals surface area contributed by atoms with E-state index in [4.69, 9.17) is 0 Å². The molecular formula is C15H15N3O2. The number of pyridine rings is 1. The van der Waals surface area contributed by atoms with Gasteiger partial charge in [0.1, 0.15) is 0 Å². The normalized spacial score (nSPS) is 13.3. The second-order valence-electron chi connectivity index (χ2n) is 4.86. The molecule has 0 saturated carbocycles. The van der Waals surface area contributed by atoms with Gasteiger partial charge < -0.3 is 15.0 Å². The van der Waals surface area contributed by atoms with Gasteiger partial charge in [-0.05, 0) is 40.1 Å². The van der Waals surface area contributed by atoms with Crippen molar-refractivity contribution in [1.29, 1.82) is 0 Å². The van der Waals surface area contributed by atoms with Crippen molar-refractivity contribution in [2.45, 2.75) is 12.8 Å². The Labute approximate surface area is 117 Å². The molecule has 0 unspecified atom stereocenters. The molecular weight excluding hydrogens is 254 g/mol. The van der Waals surface area contributed by atoms with Gasteiger partial charge in [0.05, 0.1) is 0 Å². The van der Waals surface area contributed by atoms with E-state index in [2.05, 4.69) is 28.1 Å². The number of nitro groups is 1. The maximum Gasteiger partial charge on any atom is 0.363 e. The quantitative estimate of drug-likeness (QED) is 0.632. The van der Waals surface area contributed by atoms with E-state index in [-0.39, 0.29) is 5.82 Å². The second-order valence-corrected chi connectivity index (χ2v) is 4.86. The number of anilines is 1. The Morgan fingerprint density at radius 2 is 2.05 bits per heavy atom. The van der Waals surface area contributed by atoms with Crippen molar-refractivity contribution in [3.63, 3.8) is 0 Å². The van der Waals surface area contributed by atoms with Gasteiger partial charge in [0.15, 0.2) is 5.69 Å². The zero-order valence-corrected chi connectivity index (χ0v) is 11.0. The number of hydrogen-bond donors (Lipinski definition) is 0. The molecule has 0 atom stereocenters. The molecule has 102 valence electrons. The van der Waals surface area contributed by atoms with Gasteiger partial charge in [0.25, 0.3) is 0 Å². The Morgan fingerprint density at radius 3 is 2.90 bits per heavy atom. The first kappa shape index (κ1) is 12.6. The zero-order chi connectivity index (χ0) is 13.9. The monoisotopic (exact) mass is 269 g/mol. The molecule has 0 aliphatic carbocycles. The first-order valence-corrected chi connectivity index (χ1v) is 6.67. The Hall–Kier alpha value is -2.43. The molecule has 5 heteroatoms. The fourth-order valence-electron chi connectivity index (χ4n) is 2.60. The summed E-state index contributed by atoms with van der Waals surface area (Å²) in [5.41, 5.74) is 3.42. The van der Waals surface area contributed by atoms with Crippen molar-refractivity contribution < 1.29 is 4.92 Å². The van der Waals surface area contributed by atoms with Crippen LogP contribution in [0.4, 0.5) is 11.5 Å². The summed E-state index contributed by atoms with van der Waals surface area (Å²) in [5.74, 6) is -0.0793. The highest BCUT2D eigenvalue weighted by atomic mass is 16.6. The maximum atomic E-state index is 10.7. The first-order chi connectivity index (χ1) is 9.74. The van der Waals surface area contributed by atoms with Gasteiger partial charge in [-0.1, -0.05) is 18.2 Å². The predicted octanol–water partition coefficient (Wildman–Crippen LogP) is 2.60. The van der Waals surface area contributed by atoms with Crippen molar-refractivity contribution in [2.75, 3.05) is 18.0 Å². The van der Waals surface area contributed by atoms with E-state index in [1.165, 1.54) is 17.3 Å². The zero-order valence-electron chi connectivity index (χ0n) is 11.0. The van der Waals surface area contributed by atoms with E-state index < -0.39 is 4.92 Å². The molecule has 2 aromatic rings. The fourth-order valence-corrected chi connectivity index (χ4v) is 2.60. The van der Waals surface area contributed by atoms with Crippen LogP contribution in [0.3, 0.4) is 0 Å². The minimum atomic E-state index is -0.450. The van der Waals surface area contributed by atoms with Crippen LogP contribution in [0.5, 0.6) is 0 Å². The van der Waals surface area contributed by atoms with Gasteiger partial charge in [-0.2, -0.15) is 0 Å². The minimum Gasteiger partial charge on any atom is -0.371 e. The van der Waals surface area contributed by atoms with E-state index in [0.717, 1.165) is 31.6 Å². The van der Waals surface area contributed by atoms with Crippen LogP contribution in [-0.4, -0.2) is 23.0 Å². The molecule has 2 heterocycles. The predicted molar refractivity (Wildman–Crippen MR) is 77.0 cm³/mol. The van der Waals surface area contributed by atoms with Gasteiger partial charge in [-0.3, -0.25) is 0 Å². The lowest BCUT2D eigenvalue weighted by molar-refractivity contribution is -0.389. The molecule has 0 fully saturated rings. The molecule has 0 spiro atoms. The summed E-state index contributed by atoms with van der Waals surface area (Å²) in [5, 5.41) is 10.7. The number of aromatic nitrogens is 1. The van der Waals surface area contributed by atoms with Crippen LogP contribution in [0, 0.1) is 10.1 Å². The lowest BCUT2D eigenvalue weighted by Crippen LogP contribution is -2.23. The topological polar surface area (TPSA) is 59.3 Å². The largest absolute Gasteiger partial charge is 0.371 e. The molecule has 1 aromatic carbocycles. The summed E-state index contributed by atoms with van der Waals surface area (Å²) in [6, 6.07) is 13.3. The van der Waals surface area contributed by atoms with E-state index in [1.54, 1.807) is 6.07 Å². The molecule has 20 heavy (non-hydrogen) atoms. The summed E-state index contributed by atoms with van der Waals surface area (Å²) < 4.78 is 0. The molecule has 0 saturated heterocycles. The third-order valence-corrected chi connectivity index (χ3v) is 3.60. The molecule has 5 nitrogen and oxygen atoms in total. The van der Waals surface area contributed by atoms with Crippen molar-refractivity contribution in [3.05, 3.63) is 63.8 Å². The number of para-hydroxylation sites is 1. The first-order valence-electron chi connectivity index (χ1n) is 6.67. The van der Waals surface area contributed by atoms with Gasteiger partial charge in [0.2, 0.25) is 0 Å². The number of benzene rings is 1. The summed E-state index contributed by atoms with van der Waals surface area (Å²) in [6.07, 6.45) is 1.79. The van der Waals surface area contributed by atoms with Gasteiger partial charge >= 0.3 is 5.82 Å². The third kappa shape index (κ3) is 2.47. The molecule has 0 amide bonds. The Balaban J connectivity index is 1.69.